The van der Waals surface area contributed by atoms with E-state index in [2.05, 4.69) is 9.62 Å². The summed E-state index contributed by atoms with van der Waals surface area (Å²) in [5, 5.41) is 8.79. The highest BCUT2D eigenvalue weighted by atomic mass is 32.2. The van der Waals surface area contributed by atoms with Gasteiger partial charge in [-0.3, -0.25) is 4.90 Å². The molecule has 1 aromatic carbocycles. The lowest BCUT2D eigenvalue weighted by Crippen LogP contribution is -2.41. The number of nitrogens with one attached hydrogen (secondary N) is 1. The van der Waals surface area contributed by atoms with Crippen LogP contribution >= 0.6 is 0 Å². The summed E-state index contributed by atoms with van der Waals surface area (Å²) >= 11 is 0. The lowest BCUT2D eigenvalue weighted by atomic mass is 10.1. The van der Waals surface area contributed by atoms with Crippen LogP contribution in [-0.2, 0) is 14.8 Å². The topological polar surface area (TPSA) is 82.4 Å². The van der Waals surface area contributed by atoms with E-state index in [9.17, 15) is 12.8 Å². The molecular weight excluding hydrogens is 321 g/mol. The Hall–Kier alpha value is -1.53. The van der Waals surface area contributed by atoms with Crippen LogP contribution in [-0.4, -0.2) is 52.7 Å². The fourth-order valence-electron chi connectivity index (χ4n) is 2.38. The van der Waals surface area contributed by atoms with Gasteiger partial charge >= 0.3 is 0 Å². The number of benzene rings is 1. The zero-order valence-electron chi connectivity index (χ0n) is 13.0. The van der Waals surface area contributed by atoms with Crippen LogP contribution in [0.15, 0.2) is 23.1 Å². The number of rotatable bonds is 6. The van der Waals surface area contributed by atoms with E-state index in [0.29, 0.717) is 13.2 Å². The quantitative estimate of drug-likeness (QED) is 0.833. The van der Waals surface area contributed by atoms with Gasteiger partial charge in [0, 0.05) is 26.2 Å². The van der Waals surface area contributed by atoms with E-state index < -0.39 is 15.8 Å². The molecule has 0 bridgehead atoms. The Kier molecular flexibility index (Phi) is 6.07. The van der Waals surface area contributed by atoms with Gasteiger partial charge in [-0.25, -0.2) is 17.5 Å². The van der Waals surface area contributed by atoms with Crippen LogP contribution < -0.4 is 4.72 Å². The molecule has 1 unspecified atom stereocenters. The third-order valence-electron chi connectivity index (χ3n) is 3.66. The van der Waals surface area contributed by atoms with Gasteiger partial charge in [0.25, 0.3) is 0 Å². The van der Waals surface area contributed by atoms with Gasteiger partial charge in [0.15, 0.2) is 0 Å². The minimum absolute atomic E-state index is 0.103. The first-order chi connectivity index (χ1) is 10.9. The highest BCUT2D eigenvalue weighted by Crippen LogP contribution is 2.14. The van der Waals surface area contributed by atoms with Crippen molar-refractivity contribution in [2.24, 2.45) is 5.92 Å². The van der Waals surface area contributed by atoms with E-state index >= 15 is 0 Å². The van der Waals surface area contributed by atoms with Crippen molar-refractivity contribution in [1.29, 1.82) is 5.26 Å². The molecule has 1 N–H and O–H groups in total. The molecule has 6 nitrogen and oxygen atoms in total. The fraction of sp³-hybridized carbons (Fsp3) is 0.533. The van der Waals surface area contributed by atoms with Gasteiger partial charge in [-0.2, -0.15) is 5.26 Å². The summed E-state index contributed by atoms with van der Waals surface area (Å²) in [6.45, 7) is 6.11. The molecule has 1 aromatic rings. The summed E-state index contributed by atoms with van der Waals surface area (Å²) in [4.78, 5) is 2.13. The average molecular weight is 341 g/mol. The monoisotopic (exact) mass is 341 g/mol. The van der Waals surface area contributed by atoms with Gasteiger partial charge < -0.3 is 4.74 Å². The van der Waals surface area contributed by atoms with Crippen molar-refractivity contribution in [3.63, 3.8) is 0 Å². The minimum atomic E-state index is -3.76. The van der Waals surface area contributed by atoms with E-state index in [4.69, 9.17) is 10.00 Å². The van der Waals surface area contributed by atoms with E-state index in [-0.39, 0.29) is 22.9 Å². The van der Waals surface area contributed by atoms with E-state index in [1.165, 1.54) is 0 Å². The molecule has 1 saturated heterocycles. The maximum Gasteiger partial charge on any atom is 0.240 e. The van der Waals surface area contributed by atoms with Gasteiger partial charge in [-0.1, -0.05) is 6.92 Å². The summed E-state index contributed by atoms with van der Waals surface area (Å²) in [5.41, 5.74) is -0.283. The first-order valence-electron chi connectivity index (χ1n) is 7.42. The Morgan fingerprint density at radius 1 is 1.43 bits per heavy atom. The molecule has 1 aliphatic rings. The Bertz CT molecular complexity index is 682. The number of nitriles is 1. The molecule has 126 valence electrons. The molecule has 0 spiro atoms. The second-order valence-corrected chi connectivity index (χ2v) is 7.39. The summed E-state index contributed by atoms with van der Waals surface area (Å²) in [6.07, 6.45) is 0. The summed E-state index contributed by atoms with van der Waals surface area (Å²) in [5.74, 6) is -0.606. The predicted molar refractivity (Wildman–Crippen MR) is 82.7 cm³/mol. The molecule has 1 aliphatic heterocycles. The van der Waals surface area contributed by atoms with Crippen LogP contribution in [0.5, 0.6) is 0 Å². The molecule has 1 heterocycles. The third-order valence-corrected chi connectivity index (χ3v) is 5.09. The lowest BCUT2D eigenvalue weighted by molar-refractivity contribution is 0.0321. The highest BCUT2D eigenvalue weighted by Gasteiger charge is 2.19. The average Bonchev–Trinajstić information content (AvgIpc) is 2.54. The normalized spacial score (nSPS) is 17.6. The number of ether oxygens (including phenoxy) is 1. The molecule has 2 rings (SSSR count). The van der Waals surface area contributed by atoms with E-state index in [1.807, 2.05) is 6.92 Å². The van der Waals surface area contributed by atoms with E-state index in [1.54, 1.807) is 6.07 Å². The van der Waals surface area contributed by atoms with Crippen LogP contribution in [0.1, 0.15) is 12.5 Å². The zero-order valence-corrected chi connectivity index (χ0v) is 13.8. The fourth-order valence-corrected chi connectivity index (χ4v) is 3.57. The largest absolute Gasteiger partial charge is 0.379 e. The maximum atomic E-state index is 13.3. The Morgan fingerprint density at radius 3 is 2.78 bits per heavy atom. The molecule has 0 radical (unpaired) electrons. The molecular formula is C15H20FN3O3S. The third kappa shape index (κ3) is 4.97. The van der Waals surface area contributed by atoms with Crippen molar-refractivity contribution in [2.45, 2.75) is 11.8 Å². The zero-order chi connectivity index (χ0) is 16.9. The SMILES string of the molecule is CC(CNS(=O)(=O)c1ccc(F)c(C#N)c1)CN1CCOCC1. The molecule has 0 saturated carbocycles. The van der Waals surface area contributed by atoms with Crippen molar-refractivity contribution in [3.8, 4) is 6.07 Å². The van der Waals surface area contributed by atoms with Gasteiger partial charge in [0.1, 0.15) is 11.9 Å². The number of halogens is 1. The van der Waals surface area contributed by atoms with Crippen LogP contribution in [0.4, 0.5) is 4.39 Å². The minimum Gasteiger partial charge on any atom is -0.379 e. The number of hydrogen-bond acceptors (Lipinski definition) is 5. The number of morpholine rings is 1. The molecule has 0 aromatic heterocycles. The maximum absolute atomic E-state index is 13.3. The molecule has 1 atom stereocenters. The van der Waals surface area contributed by atoms with Crippen LogP contribution in [0.3, 0.4) is 0 Å². The Balaban J connectivity index is 1.94. The Labute approximate surface area is 135 Å². The van der Waals surface area contributed by atoms with Crippen LogP contribution in [0.2, 0.25) is 0 Å². The summed E-state index contributed by atoms with van der Waals surface area (Å²) < 4.78 is 45.5. The van der Waals surface area contributed by atoms with Crippen molar-refractivity contribution >= 4 is 10.0 Å². The molecule has 0 amide bonds. The smallest absolute Gasteiger partial charge is 0.240 e. The first-order valence-corrected chi connectivity index (χ1v) is 8.90. The van der Waals surface area contributed by atoms with Gasteiger partial charge in [0.2, 0.25) is 10.0 Å². The summed E-state index contributed by atoms with van der Waals surface area (Å²) in [7, 11) is -3.76. The van der Waals surface area contributed by atoms with E-state index in [0.717, 1.165) is 37.8 Å². The first kappa shape index (κ1) is 17.8. The van der Waals surface area contributed by atoms with Crippen LogP contribution in [0.25, 0.3) is 0 Å². The highest BCUT2D eigenvalue weighted by molar-refractivity contribution is 7.89. The number of nitrogens with zero attached hydrogens (tertiary/aromatic N) is 2. The van der Waals surface area contributed by atoms with Gasteiger partial charge in [-0.05, 0) is 24.1 Å². The second kappa shape index (κ2) is 7.84. The second-order valence-electron chi connectivity index (χ2n) is 5.62. The Morgan fingerprint density at radius 2 is 2.13 bits per heavy atom. The summed E-state index contributed by atoms with van der Waals surface area (Å²) in [6, 6.07) is 4.84. The number of hydrogen-bond donors (Lipinski definition) is 1. The molecule has 1 fully saturated rings. The van der Waals surface area contributed by atoms with Crippen molar-refractivity contribution < 1.29 is 17.5 Å². The molecule has 8 heteroatoms. The molecule has 23 heavy (non-hydrogen) atoms. The van der Waals surface area contributed by atoms with Crippen molar-refractivity contribution in [2.75, 3.05) is 39.4 Å². The van der Waals surface area contributed by atoms with Crippen LogP contribution in [0, 0.1) is 23.1 Å². The lowest BCUT2D eigenvalue weighted by Gasteiger charge is -2.29. The number of sulfonamides is 1. The van der Waals surface area contributed by atoms with Crippen molar-refractivity contribution in [1.82, 2.24) is 9.62 Å². The predicted octanol–water partition coefficient (Wildman–Crippen LogP) is 0.944. The standard InChI is InChI=1S/C15H20FN3O3S/c1-12(11-19-4-6-22-7-5-19)10-18-23(20,21)14-2-3-15(16)13(8-14)9-17/h2-3,8,12,18H,4-7,10-11H2,1H3. The van der Waals surface area contributed by atoms with Crippen molar-refractivity contribution in [3.05, 3.63) is 29.6 Å². The molecule has 0 aliphatic carbocycles. The van der Waals surface area contributed by atoms with Gasteiger partial charge in [-0.15, -0.1) is 0 Å². The van der Waals surface area contributed by atoms with Gasteiger partial charge in [0.05, 0.1) is 23.7 Å².